The molecule has 2 rings (SSSR count). The fourth-order valence-electron chi connectivity index (χ4n) is 3.66. The first-order chi connectivity index (χ1) is 11.2. The predicted octanol–water partition coefficient (Wildman–Crippen LogP) is 4.42. The number of fused-ring (bicyclic) bond motifs is 1. The van der Waals surface area contributed by atoms with E-state index in [-0.39, 0.29) is 0 Å². The van der Waals surface area contributed by atoms with Gasteiger partial charge in [-0.1, -0.05) is 0 Å². The average Bonchev–Trinajstić information content (AvgIpc) is 2.92. The van der Waals surface area contributed by atoms with Gasteiger partial charge in [0.05, 0.1) is 0 Å². The second-order valence-electron chi connectivity index (χ2n) is 6.82. The van der Waals surface area contributed by atoms with Crippen LogP contribution in [0.25, 0.3) is 11.2 Å². The number of aryl methyl sites for hydroxylation is 1. The van der Waals surface area contributed by atoms with Gasteiger partial charge in [-0.05, 0) is 0 Å². The summed E-state index contributed by atoms with van der Waals surface area (Å²) in [4.78, 5) is 13.7. The van der Waals surface area contributed by atoms with Crippen LogP contribution in [0.1, 0.15) is 59.3 Å². The number of rotatable bonds is 10. The molecular weight excluding hydrogens is 391 g/mol. The molecular formula is C18H32N4Sn. The van der Waals surface area contributed by atoms with Crippen LogP contribution in [0.2, 0.25) is 13.3 Å². The summed E-state index contributed by atoms with van der Waals surface area (Å²) in [6.07, 6.45) is 11.5. The van der Waals surface area contributed by atoms with E-state index in [0.29, 0.717) is 0 Å². The van der Waals surface area contributed by atoms with Crippen LogP contribution in [0.3, 0.4) is 0 Å². The van der Waals surface area contributed by atoms with Gasteiger partial charge in [0, 0.05) is 0 Å². The van der Waals surface area contributed by atoms with Crippen molar-refractivity contribution in [3.8, 4) is 0 Å². The van der Waals surface area contributed by atoms with Crippen LogP contribution in [0.5, 0.6) is 0 Å². The molecule has 0 bridgehead atoms. The summed E-state index contributed by atoms with van der Waals surface area (Å²) in [5.74, 6) is 0. The summed E-state index contributed by atoms with van der Waals surface area (Å²) in [7, 11) is 2.18. The van der Waals surface area contributed by atoms with Gasteiger partial charge in [0.25, 0.3) is 0 Å². The molecule has 2 heterocycles. The Morgan fingerprint density at radius 1 is 0.957 bits per heavy atom. The van der Waals surface area contributed by atoms with Crippen LogP contribution in [0.15, 0.2) is 12.5 Å². The molecule has 0 unspecified atom stereocenters. The Bertz CT molecular complexity index is 586. The molecule has 128 valence electrons. The van der Waals surface area contributed by atoms with E-state index in [2.05, 4.69) is 42.4 Å². The second-order valence-corrected chi connectivity index (χ2v) is 19.7. The fourth-order valence-corrected chi connectivity index (χ4v) is 19.9. The number of imidazole rings is 1. The van der Waals surface area contributed by atoms with Gasteiger partial charge in [0.2, 0.25) is 0 Å². The molecule has 0 atom stereocenters. The quantitative estimate of drug-likeness (QED) is 0.532. The molecule has 0 saturated carbocycles. The van der Waals surface area contributed by atoms with E-state index in [9.17, 15) is 0 Å². The van der Waals surface area contributed by atoms with Gasteiger partial charge in [-0.3, -0.25) is 0 Å². The van der Waals surface area contributed by atoms with Crippen LogP contribution in [0.4, 0.5) is 0 Å². The van der Waals surface area contributed by atoms with Gasteiger partial charge in [-0.15, -0.1) is 0 Å². The molecule has 0 N–H and O–H groups in total. The monoisotopic (exact) mass is 424 g/mol. The van der Waals surface area contributed by atoms with Crippen molar-refractivity contribution in [3.63, 3.8) is 0 Å². The van der Waals surface area contributed by atoms with Crippen molar-refractivity contribution in [3.05, 3.63) is 12.5 Å². The fraction of sp³-hybridized carbons (Fsp3) is 0.722. The summed E-state index contributed by atoms with van der Waals surface area (Å²) in [6.45, 7) is 6.95. The molecule has 0 spiro atoms. The van der Waals surface area contributed by atoms with Crippen molar-refractivity contribution in [1.82, 2.24) is 19.5 Å². The second kappa shape index (κ2) is 9.00. The van der Waals surface area contributed by atoms with Crippen LogP contribution >= 0.6 is 0 Å². The first-order valence-electron chi connectivity index (χ1n) is 9.31. The molecule has 0 aromatic carbocycles. The zero-order valence-electron chi connectivity index (χ0n) is 15.3. The normalized spacial score (nSPS) is 12.2. The Morgan fingerprint density at radius 3 is 2.00 bits per heavy atom. The number of unbranched alkanes of at least 4 members (excludes halogenated alkanes) is 3. The predicted molar refractivity (Wildman–Crippen MR) is 101 cm³/mol. The third-order valence-electron chi connectivity index (χ3n) is 5.06. The standard InChI is InChI=1S/C6H5N4.3C4H9.Sn/c1-10-4-9-6-5(10)2-7-3-8-6;3*1-3-4-2;/h2-3H,1H3;3*1,3-4H2,2H3;. The molecule has 0 aliphatic heterocycles. The number of hydrogen-bond acceptors (Lipinski definition) is 3. The number of nitrogens with zero attached hydrogens (tertiary/aromatic N) is 4. The molecule has 23 heavy (non-hydrogen) atoms. The Labute approximate surface area is 145 Å². The van der Waals surface area contributed by atoms with E-state index in [0.717, 1.165) is 11.2 Å². The SMILES string of the molecule is CCC[CH2][Sn]([CH2]CCC)([CH2]CCC)[c]1nc2ncncc2n1C. The topological polar surface area (TPSA) is 43.6 Å². The minimum absolute atomic E-state index is 0.892. The van der Waals surface area contributed by atoms with Crippen molar-refractivity contribution in [1.29, 1.82) is 0 Å². The Kier molecular flexibility index (Phi) is 7.31. The van der Waals surface area contributed by atoms with E-state index in [1.165, 1.54) is 55.7 Å². The van der Waals surface area contributed by atoms with Crippen molar-refractivity contribution in [2.75, 3.05) is 0 Å². The van der Waals surface area contributed by atoms with E-state index < -0.39 is 18.4 Å². The minimum atomic E-state index is -2.48. The van der Waals surface area contributed by atoms with Crippen molar-refractivity contribution < 1.29 is 0 Å². The number of hydrogen-bond donors (Lipinski definition) is 0. The van der Waals surface area contributed by atoms with Gasteiger partial charge in [0.1, 0.15) is 0 Å². The zero-order chi connectivity index (χ0) is 16.7. The molecule has 2 aromatic rings. The van der Waals surface area contributed by atoms with E-state index in [4.69, 9.17) is 4.98 Å². The molecule has 0 aliphatic carbocycles. The van der Waals surface area contributed by atoms with E-state index in [1.807, 2.05) is 6.20 Å². The van der Waals surface area contributed by atoms with Crippen molar-refractivity contribution in [2.24, 2.45) is 7.05 Å². The van der Waals surface area contributed by atoms with Gasteiger partial charge < -0.3 is 0 Å². The summed E-state index contributed by atoms with van der Waals surface area (Å²) in [5.41, 5.74) is 2.00. The first-order valence-corrected chi connectivity index (χ1v) is 16.8. The van der Waals surface area contributed by atoms with Crippen molar-refractivity contribution in [2.45, 2.75) is 72.6 Å². The van der Waals surface area contributed by atoms with E-state index >= 15 is 0 Å². The zero-order valence-corrected chi connectivity index (χ0v) is 18.2. The third kappa shape index (κ3) is 4.25. The summed E-state index contributed by atoms with van der Waals surface area (Å²) < 4.78 is 8.10. The Balaban J connectivity index is 2.48. The molecule has 0 fully saturated rings. The summed E-state index contributed by atoms with van der Waals surface area (Å²) in [6, 6.07) is 0. The molecule has 5 heteroatoms. The molecule has 0 radical (unpaired) electrons. The van der Waals surface area contributed by atoms with Crippen LogP contribution in [-0.4, -0.2) is 37.9 Å². The third-order valence-corrected chi connectivity index (χ3v) is 20.3. The van der Waals surface area contributed by atoms with Gasteiger partial charge >= 0.3 is 145 Å². The maximum absolute atomic E-state index is 5.05. The van der Waals surface area contributed by atoms with Crippen LogP contribution in [0, 0.1) is 0 Å². The molecule has 0 aliphatic rings. The Morgan fingerprint density at radius 2 is 1.52 bits per heavy atom. The average molecular weight is 423 g/mol. The summed E-state index contributed by atoms with van der Waals surface area (Å²) >= 11 is -2.48. The first kappa shape index (κ1) is 18.7. The van der Waals surface area contributed by atoms with Crippen LogP contribution in [-0.2, 0) is 7.05 Å². The molecule has 0 amide bonds. The molecule has 4 nitrogen and oxygen atoms in total. The summed E-state index contributed by atoms with van der Waals surface area (Å²) in [5, 5.41) is 0. The molecule has 2 aromatic heterocycles. The maximum atomic E-state index is 5.05. The van der Waals surface area contributed by atoms with Gasteiger partial charge in [0.15, 0.2) is 0 Å². The molecule has 0 saturated heterocycles. The van der Waals surface area contributed by atoms with E-state index in [1.54, 1.807) is 6.33 Å². The number of aromatic nitrogens is 4. The van der Waals surface area contributed by atoms with Gasteiger partial charge in [-0.2, -0.15) is 0 Å². The Hall–Kier alpha value is -0.651. The van der Waals surface area contributed by atoms with Crippen molar-refractivity contribution >= 4 is 33.4 Å². The van der Waals surface area contributed by atoms with Gasteiger partial charge in [-0.25, -0.2) is 0 Å². The van der Waals surface area contributed by atoms with Crippen LogP contribution < -0.4 is 3.84 Å².